The van der Waals surface area contributed by atoms with Gasteiger partial charge in [0, 0.05) is 11.1 Å². The highest BCUT2D eigenvalue weighted by atomic mass is 35.5. The minimum atomic E-state index is -2.13. The summed E-state index contributed by atoms with van der Waals surface area (Å²) in [7, 11) is -2.13. The number of halogens is 1. The van der Waals surface area contributed by atoms with Crippen LogP contribution in [0.15, 0.2) is 36.4 Å². The number of carbonyl (C=O) groups excluding carboxylic acids is 1. The molecule has 0 aliphatic rings. The summed E-state index contributed by atoms with van der Waals surface area (Å²) in [4.78, 5) is 15.6. The summed E-state index contributed by atoms with van der Waals surface area (Å²) in [6.45, 7) is 5.91. The zero-order chi connectivity index (χ0) is 21.8. The van der Waals surface area contributed by atoms with Gasteiger partial charge in [0.25, 0.3) is 0 Å². The molecule has 7 heteroatoms. The zero-order valence-corrected chi connectivity index (χ0v) is 18.6. The number of fused-ring (bicyclic) bond motifs is 1. The van der Waals surface area contributed by atoms with Gasteiger partial charge in [-0.15, -0.1) is 0 Å². The van der Waals surface area contributed by atoms with Crippen LogP contribution < -0.4 is 10.6 Å². The Balaban J connectivity index is 2.24. The summed E-state index contributed by atoms with van der Waals surface area (Å²) < 4.78 is 18.9. The largest absolute Gasteiger partial charge is 0.461 e. The summed E-state index contributed by atoms with van der Waals surface area (Å²) in [5.41, 5.74) is 3.73. The van der Waals surface area contributed by atoms with Gasteiger partial charge in [-0.25, -0.2) is 4.79 Å². The number of benzene rings is 2. The number of nitriles is 1. The van der Waals surface area contributed by atoms with Crippen LogP contribution in [0.3, 0.4) is 0 Å². The van der Waals surface area contributed by atoms with Gasteiger partial charge >= 0.3 is 13.8 Å². The molecule has 0 fully saturated rings. The van der Waals surface area contributed by atoms with Crippen LogP contribution in [0.1, 0.15) is 41.0 Å². The first-order valence-electron chi connectivity index (χ1n) is 9.56. The Morgan fingerprint density at radius 3 is 2.73 bits per heavy atom. The van der Waals surface area contributed by atoms with Crippen molar-refractivity contribution in [2.24, 2.45) is 0 Å². The molecule has 3 rings (SSSR count). The Kier molecular flexibility index (Phi) is 6.72. The molecular weight excluding hydrogens is 419 g/mol. The quantitative estimate of drug-likeness (QED) is 0.326. The molecule has 0 aliphatic heterocycles. The van der Waals surface area contributed by atoms with E-state index in [9.17, 15) is 9.36 Å². The molecule has 30 heavy (non-hydrogen) atoms. The van der Waals surface area contributed by atoms with E-state index in [1.807, 2.05) is 32.0 Å². The average molecular weight is 440 g/mol. The second-order valence-corrected chi connectivity index (χ2v) is 8.69. The molecule has 0 saturated carbocycles. The molecule has 1 unspecified atom stereocenters. The van der Waals surface area contributed by atoms with Crippen LogP contribution in [0.25, 0.3) is 17.0 Å². The van der Waals surface area contributed by atoms with E-state index in [0.717, 1.165) is 23.1 Å². The Morgan fingerprint density at radius 1 is 1.30 bits per heavy atom. The smallest absolute Gasteiger partial charge is 0.418 e. The molecule has 0 spiro atoms. The lowest BCUT2D eigenvalue weighted by molar-refractivity contribution is 0.0522. The summed E-state index contributed by atoms with van der Waals surface area (Å²) in [5, 5.41) is 11.0. The molecule has 0 amide bonds. The lowest BCUT2D eigenvalue weighted by Crippen LogP contribution is -2.17. The van der Waals surface area contributed by atoms with E-state index in [4.69, 9.17) is 21.6 Å². The van der Waals surface area contributed by atoms with Gasteiger partial charge in [-0.2, -0.15) is 5.26 Å². The monoisotopic (exact) mass is 439 g/mol. The van der Waals surface area contributed by atoms with Crippen molar-refractivity contribution in [3.8, 4) is 6.07 Å². The highest BCUT2D eigenvalue weighted by molar-refractivity contribution is 7.62. The first kappa shape index (κ1) is 21.8. The van der Waals surface area contributed by atoms with Crippen molar-refractivity contribution in [2.45, 2.75) is 27.2 Å². The maximum absolute atomic E-state index is 13.7. The van der Waals surface area contributed by atoms with E-state index < -0.39 is 13.8 Å². The number of nitrogens with one attached hydrogen (secondary N) is 1. The molecule has 0 bridgehead atoms. The van der Waals surface area contributed by atoms with Crippen LogP contribution in [-0.2, 0) is 15.7 Å². The number of rotatable bonds is 6. The topological polar surface area (TPSA) is 83.0 Å². The number of nitrogens with zero attached hydrogens (tertiary/aromatic N) is 1. The number of hydrogen-bond acceptors (Lipinski definition) is 4. The summed E-state index contributed by atoms with van der Waals surface area (Å²) in [6, 6.07) is 10.8. The third kappa shape index (κ3) is 4.16. The molecule has 1 heterocycles. The van der Waals surface area contributed by atoms with Crippen molar-refractivity contribution in [1.82, 2.24) is 4.98 Å². The van der Waals surface area contributed by atoms with Gasteiger partial charge in [0.2, 0.25) is 5.30 Å². The van der Waals surface area contributed by atoms with E-state index in [2.05, 4.69) is 4.98 Å². The van der Waals surface area contributed by atoms with E-state index in [-0.39, 0.29) is 12.3 Å². The standard InChI is InChI=1S/C23H20ClN2O3P/c1-4-18-14(3)11-17(12-15(18)7-6-10-25)30(28)22-19-13-16(24)8-9-20(19)26-21(22)23(27)29-5-2/h6-9,11-13H,4-5H2,1-3H3/p+1. The van der Waals surface area contributed by atoms with Crippen LogP contribution in [0.5, 0.6) is 0 Å². The average Bonchev–Trinajstić information content (AvgIpc) is 3.10. The number of ether oxygens (including phenoxy) is 1. The highest BCUT2D eigenvalue weighted by Gasteiger charge is 2.36. The first-order chi connectivity index (χ1) is 14.4. The summed E-state index contributed by atoms with van der Waals surface area (Å²) in [5.74, 6) is -0.560. The number of aryl methyl sites for hydroxylation is 1. The van der Waals surface area contributed by atoms with Crippen molar-refractivity contribution in [3.05, 3.63) is 63.8 Å². The maximum Gasteiger partial charge on any atom is 0.418 e. The van der Waals surface area contributed by atoms with E-state index >= 15 is 0 Å². The molecule has 3 aromatic rings. The second-order valence-electron chi connectivity index (χ2n) is 6.70. The number of aromatic nitrogens is 1. The van der Waals surface area contributed by atoms with Crippen LogP contribution in [0.4, 0.5) is 0 Å². The fourth-order valence-corrected chi connectivity index (χ4v) is 5.29. The SMILES string of the molecule is CCOC(=O)c1[nH]c2ccc(Cl)cc2c1[P+](=O)c1cc(C)c(CC)c(C=CC#N)c1. The minimum Gasteiger partial charge on any atom is -0.461 e. The third-order valence-electron chi connectivity index (χ3n) is 4.83. The normalized spacial score (nSPS) is 11.6. The van der Waals surface area contributed by atoms with Crippen molar-refractivity contribution in [1.29, 1.82) is 5.26 Å². The molecule has 0 radical (unpaired) electrons. The van der Waals surface area contributed by atoms with Crippen molar-refractivity contribution >= 4 is 53.0 Å². The van der Waals surface area contributed by atoms with Crippen LogP contribution in [-0.4, -0.2) is 17.6 Å². The van der Waals surface area contributed by atoms with Gasteiger partial charge < -0.3 is 9.72 Å². The molecule has 1 atom stereocenters. The number of allylic oxidation sites excluding steroid dienone is 1. The van der Waals surface area contributed by atoms with Gasteiger partial charge in [-0.3, -0.25) is 0 Å². The van der Waals surface area contributed by atoms with E-state index in [0.29, 0.717) is 26.5 Å². The number of H-pyrrole nitrogens is 1. The second kappa shape index (κ2) is 9.26. The third-order valence-corrected chi connectivity index (χ3v) is 6.67. The van der Waals surface area contributed by atoms with Crippen LogP contribution in [0, 0.1) is 18.3 Å². The highest BCUT2D eigenvalue weighted by Crippen LogP contribution is 2.31. The molecule has 5 nitrogen and oxygen atoms in total. The van der Waals surface area contributed by atoms with Gasteiger partial charge in [-0.05, 0) is 73.4 Å². The van der Waals surface area contributed by atoms with Crippen molar-refractivity contribution < 1.29 is 14.1 Å². The van der Waals surface area contributed by atoms with Gasteiger partial charge in [-0.1, -0.05) is 23.1 Å². The molecule has 1 aromatic heterocycles. The first-order valence-corrected chi connectivity index (χ1v) is 11.2. The van der Waals surface area contributed by atoms with Gasteiger partial charge in [0.15, 0.2) is 11.0 Å². The zero-order valence-electron chi connectivity index (χ0n) is 17.0. The Labute approximate surface area is 181 Å². The molecule has 0 saturated heterocycles. The number of aromatic amines is 1. The molecule has 0 aliphatic carbocycles. The number of carbonyl (C=O) groups is 1. The maximum atomic E-state index is 13.7. The van der Waals surface area contributed by atoms with Crippen LogP contribution in [0.2, 0.25) is 5.02 Å². The van der Waals surface area contributed by atoms with E-state index in [1.54, 1.807) is 31.2 Å². The summed E-state index contributed by atoms with van der Waals surface area (Å²) in [6.07, 6.45) is 3.90. The summed E-state index contributed by atoms with van der Waals surface area (Å²) >= 11 is 6.17. The Bertz CT molecular complexity index is 1220. The minimum absolute atomic E-state index is 0.168. The molecule has 1 N–H and O–H groups in total. The van der Waals surface area contributed by atoms with Crippen molar-refractivity contribution in [2.75, 3.05) is 6.61 Å². The number of esters is 1. The predicted molar refractivity (Wildman–Crippen MR) is 121 cm³/mol. The van der Waals surface area contributed by atoms with E-state index in [1.165, 1.54) is 6.08 Å². The molecular formula is C23H21ClN2O3P+. The molecule has 152 valence electrons. The Hall–Kier alpha value is -2.93. The van der Waals surface area contributed by atoms with Crippen molar-refractivity contribution in [3.63, 3.8) is 0 Å². The predicted octanol–water partition coefficient (Wildman–Crippen LogP) is 5.18. The Morgan fingerprint density at radius 2 is 2.07 bits per heavy atom. The molecule has 2 aromatic carbocycles. The fraction of sp³-hybridized carbons (Fsp3) is 0.217. The van der Waals surface area contributed by atoms with Crippen LogP contribution >= 0.6 is 19.4 Å². The fourth-order valence-electron chi connectivity index (χ4n) is 3.54. The lowest BCUT2D eigenvalue weighted by Gasteiger charge is -2.07. The van der Waals surface area contributed by atoms with Gasteiger partial charge in [0.05, 0.1) is 23.6 Å². The number of hydrogen-bond donors (Lipinski definition) is 1. The lowest BCUT2D eigenvalue weighted by atomic mass is 9.99. The van der Waals surface area contributed by atoms with Gasteiger partial charge in [0.1, 0.15) is 0 Å².